The molecule has 0 amide bonds. The Morgan fingerprint density at radius 1 is 1.07 bits per heavy atom. The van der Waals surface area contributed by atoms with E-state index < -0.39 is 0 Å². The van der Waals surface area contributed by atoms with Gasteiger partial charge in [0.15, 0.2) is 5.82 Å². The SMILES string of the molecule is COc1cccc(Cc2noc(-c3cccc(OC4CCNCC4)c3)n2)c1. The summed E-state index contributed by atoms with van der Waals surface area (Å²) < 4.78 is 16.8. The number of nitrogens with one attached hydrogen (secondary N) is 1. The molecule has 0 radical (unpaired) electrons. The Labute approximate surface area is 158 Å². The first kappa shape index (κ1) is 17.5. The van der Waals surface area contributed by atoms with Crippen LogP contribution in [0, 0.1) is 0 Å². The van der Waals surface area contributed by atoms with Crippen molar-refractivity contribution >= 4 is 0 Å². The third kappa shape index (κ3) is 4.46. The minimum absolute atomic E-state index is 0.257. The number of ether oxygens (including phenoxy) is 2. The normalized spacial score (nSPS) is 14.9. The standard InChI is InChI=1S/C21H23N3O3/c1-25-18-6-2-4-15(12-18)13-20-23-21(27-24-20)16-5-3-7-19(14-16)26-17-8-10-22-11-9-17/h2-7,12,14,17,22H,8-11,13H2,1H3. The molecule has 6 nitrogen and oxygen atoms in total. The fraction of sp³-hybridized carbons (Fsp3) is 0.333. The third-order valence-corrected chi connectivity index (χ3v) is 4.63. The molecule has 0 spiro atoms. The number of methoxy groups -OCH3 is 1. The Bertz CT molecular complexity index is 888. The van der Waals surface area contributed by atoms with E-state index in [1.54, 1.807) is 7.11 Å². The van der Waals surface area contributed by atoms with E-state index in [9.17, 15) is 0 Å². The molecule has 2 aromatic carbocycles. The zero-order valence-electron chi connectivity index (χ0n) is 15.4. The van der Waals surface area contributed by atoms with Crippen LogP contribution in [0.4, 0.5) is 0 Å². The summed E-state index contributed by atoms with van der Waals surface area (Å²) in [5.41, 5.74) is 1.94. The van der Waals surface area contributed by atoms with Crippen molar-refractivity contribution in [3.8, 4) is 23.0 Å². The zero-order valence-corrected chi connectivity index (χ0v) is 15.4. The Morgan fingerprint density at radius 2 is 1.89 bits per heavy atom. The van der Waals surface area contributed by atoms with Crippen molar-refractivity contribution < 1.29 is 14.0 Å². The minimum atomic E-state index is 0.257. The summed E-state index contributed by atoms with van der Waals surface area (Å²) in [7, 11) is 1.66. The molecule has 0 unspecified atom stereocenters. The molecule has 1 fully saturated rings. The Kier molecular flexibility index (Phi) is 5.34. The molecule has 2 heterocycles. The van der Waals surface area contributed by atoms with Crippen LogP contribution < -0.4 is 14.8 Å². The van der Waals surface area contributed by atoms with Crippen molar-refractivity contribution in [2.45, 2.75) is 25.4 Å². The number of hydrogen-bond acceptors (Lipinski definition) is 6. The molecule has 1 aliphatic rings. The largest absolute Gasteiger partial charge is 0.497 e. The highest BCUT2D eigenvalue weighted by Crippen LogP contribution is 2.25. The average Bonchev–Trinajstić information content (AvgIpc) is 3.18. The molecule has 1 saturated heterocycles. The molecule has 0 saturated carbocycles. The van der Waals surface area contributed by atoms with Gasteiger partial charge >= 0.3 is 0 Å². The van der Waals surface area contributed by atoms with E-state index in [-0.39, 0.29) is 6.10 Å². The molecule has 4 rings (SSSR count). The predicted octanol–water partition coefficient (Wildman–Crippen LogP) is 3.47. The van der Waals surface area contributed by atoms with Crippen molar-refractivity contribution in [2.75, 3.05) is 20.2 Å². The van der Waals surface area contributed by atoms with E-state index >= 15 is 0 Å². The second-order valence-corrected chi connectivity index (χ2v) is 6.64. The highest BCUT2D eigenvalue weighted by molar-refractivity contribution is 5.55. The summed E-state index contributed by atoms with van der Waals surface area (Å²) in [6, 6.07) is 15.7. The van der Waals surface area contributed by atoms with Gasteiger partial charge in [-0.25, -0.2) is 0 Å². The van der Waals surface area contributed by atoms with Crippen LogP contribution in [0.3, 0.4) is 0 Å². The molecule has 6 heteroatoms. The molecule has 140 valence electrons. The summed E-state index contributed by atoms with van der Waals surface area (Å²) in [6.07, 6.45) is 2.89. The van der Waals surface area contributed by atoms with Gasteiger partial charge in [-0.15, -0.1) is 0 Å². The van der Waals surface area contributed by atoms with Crippen molar-refractivity contribution in [1.29, 1.82) is 0 Å². The van der Waals surface area contributed by atoms with Gasteiger partial charge in [0.1, 0.15) is 17.6 Å². The molecule has 0 atom stereocenters. The first-order chi connectivity index (χ1) is 13.3. The van der Waals surface area contributed by atoms with Gasteiger partial charge in [-0.3, -0.25) is 0 Å². The molecule has 0 bridgehead atoms. The van der Waals surface area contributed by atoms with E-state index in [0.717, 1.165) is 48.6 Å². The van der Waals surface area contributed by atoms with Crippen LogP contribution in [0.25, 0.3) is 11.5 Å². The number of aromatic nitrogens is 2. The lowest BCUT2D eigenvalue weighted by molar-refractivity contribution is 0.162. The second-order valence-electron chi connectivity index (χ2n) is 6.64. The Morgan fingerprint density at radius 3 is 2.74 bits per heavy atom. The molecule has 1 N–H and O–H groups in total. The smallest absolute Gasteiger partial charge is 0.258 e. The van der Waals surface area contributed by atoms with Crippen LogP contribution >= 0.6 is 0 Å². The van der Waals surface area contributed by atoms with E-state index in [2.05, 4.69) is 15.5 Å². The zero-order chi connectivity index (χ0) is 18.5. The number of piperidine rings is 1. The molecule has 1 aromatic heterocycles. The van der Waals surface area contributed by atoms with Crippen LogP contribution in [0.15, 0.2) is 53.1 Å². The fourth-order valence-electron chi connectivity index (χ4n) is 3.22. The highest BCUT2D eigenvalue weighted by Gasteiger charge is 2.16. The topological polar surface area (TPSA) is 69.4 Å². The maximum absolute atomic E-state index is 6.10. The van der Waals surface area contributed by atoms with E-state index in [1.165, 1.54) is 0 Å². The Hall–Kier alpha value is -2.86. The molecule has 27 heavy (non-hydrogen) atoms. The maximum atomic E-state index is 6.10. The second kappa shape index (κ2) is 8.22. The number of rotatable bonds is 6. The van der Waals surface area contributed by atoms with Gasteiger partial charge in [-0.2, -0.15) is 4.98 Å². The molecule has 1 aliphatic heterocycles. The minimum Gasteiger partial charge on any atom is -0.497 e. The highest BCUT2D eigenvalue weighted by atomic mass is 16.5. The Balaban J connectivity index is 1.46. The summed E-state index contributed by atoms with van der Waals surface area (Å²) in [5.74, 6) is 2.80. The van der Waals surface area contributed by atoms with Gasteiger partial charge in [-0.1, -0.05) is 23.4 Å². The number of nitrogens with zero attached hydrogens (tertiary/aromatic N) is 2. The van der Waals surface area contributed by atoms with Crippen LogP contribution in [0.1, 0.15) is 24.2 Å². The van der Waals surface area contributed by atoms with Crippen molar-refractivity contribution in [2.24, 2.45) is 0 Å². The summed E-state index contributed by atoms with van der Waals surface area (Å²) in [4.78, 5) is 4.54. The lowest BCUT2D eigenvalue weighted by Gasteiger charge is -2.23. The fourth-order valence-corrected chi connectivity index (χ4v) is 3.22. The number of benzene rings is 2. The van der Waals surface area contributed by atoms with E-state index in [1.807, 2.05) is 48.5 Å². The van der Waals surface area contributed by atoms with E-state index in [4.69, 9.17) is 14.0 Å². The monoisotopic (exact) mass is 365 g/mol. The summed E-state index contributed by atoms with van der Waals surface area (Å²) in [5, 5.41) is 7.46. The van der Waals surface area contributed by atoms with Crippen LogP contribution in [0.2, 0.25) is 0 Å². The van der Waals surface area contributed by atoms with Gasteiger partial charge in [0, 0.05) is 12.0 Å². The van der Waals surface area contributed by atoms with Crippen molar-refractivity contribution in [3.63, 3.8) is 0 Å². The maximum Gasteiger partial charge on any atom is 0.258 e. The molecular formula is C21H23N3O3. The summed E-state index contributed by atoms with van der Waals surface area (Å²) in [6.45, 7) is 2.00. The van der Waals surface area contributed by atoms with Crippen LogP contribution in [-0.4, -0.2) is 36.4 Å². The van der Waals surface area contributed by atoms with Crippen LogP contribution in [0.5, 0.6) is 11.5 Å². The van der Waals surface area contributed by atoms with E-state index in [0.29, 0.717) is 18.1 Å². The van der Waals surface area contributed by atoms with Gasteiger partial charge in [0.25, 0.3) is 5.89 Å². The van der Waals surface area contributed by atoms with Crippen molar-refractivity contribution in [3.05, 3.63) is 59.9 Å². The summed E-state index contributed by atoms with van der Waals surface area (Å²) >= 11 is 0. The lowest BCUT2D eigenvalue weighted by atomic mass is 10.1. The molecule has 0 aliphatic carbocycles. The van der Waals surface area contributed by atoms with Crippen LogP contribution in [-0.2, 0) is 6.42 Å². The van der Waals surface area contributed by atoms with Gasteiger partial charge in [0.2, 0.25) is 0 Å². The predicted molar refractivity (Wildman–Crippen MR) is 102 cm³/mol. The first-order valence-corrected chi connectivity index (χ1v) is 9.23. The number of hydrogen-bond donors (Lipinski definition) is 1. The van der Waals surface area contributed by atoms with Gasteiger partial charge in [-0.05, 0) is 61.8 Å². The first-order valence-electron chi connectivity index (χ1n) is 9.23. The van der Waals surface area contributed by atoms with Gasteiger partial charge in [0.05, 0.1) is 7.11 Å². The third-order valence-electron chi connectivity index (χ3n) is 4.63. The quantitative estimate of drug-likeness (QED) is 0.721. The van der Waals surface area contributed by atoms with Gasteiger partial charge < -0.3 is 19.3 Å². The molecular weight excluding hydrogens is 342 g/mol. The average molecular weight is 365 g/mol. The lowest BCUT2D eigenvalue weighted by Crippen LogP contribution is -2.34. The molecule has 3 aromatic rings. The van der Waals surface area contributed by atoms with Crippen molar-refractivity contribution in [1.82, 2.24) is 15.5 Å².